The highest BCUT2D eigenvalue weighted by atomic mass is 16.5. The minimum Gasteiger partial charge on any atom is -0.485 e. The van der Waals surface area contributed by atoms with Gasteiger partial charge in [-0.15, -0.1) is 0 Å². The molecule has 3 aromatic rings. The first-order valence-corrected chi connectivity index (χ1v) is 10.3. The number of aromatic nitrogens is 1. The molecule has 0 aliphatic rings. The summed E-state index contributed by atoms with van der Waals surface area (Å²) in [5.41, 5.74) is 4.14. The Morgan fingerprint density at radius 2 is 1.81 bits per heavy atom. The lowest BCUT2D eigenvalue weighted by atomic mass is 10.1. The van der Waals surface area contributed by atoms with Crippen LogP contribution in [0, 0.1) is 13.8 Å². The number of rotatable bonds is 9. The molecule has 2 aromatic carbocycles. The average Bonchev–Trinajstić information content (AvgIpc) is 3.05. The minimum absolute atomic E-state index is 0.114. The van der Waals surface area contributed by atoms with Crippen LogP contribution < -0.4 is 10.1 Å². The Morgan fingerprint density at radius 3 is 2.52 bits per heavy atom. The molecule has 1 unspecified atom stereocenters. The van der Waals surface area contributed by atoms with Crippen molar-refractivity contribution in [1.82, 2.24) is 9.88 Å². The molecular weight excluding hydrogens is 392 g/mol. The van der Waals surface area contributed by atoms with Crippen LogP contribution in [-0.4, -0.2) is 40.6 Å². The van der Waals surface area contributed by atoms with Gasteiger partial charge in [-0.2, -0.15) is 0 Å². The zero-order valence-electron chi connectivity index (χ0n) is 18.1. The van der Waals surface area contributed by atoms with Gasteiger partial charge in [-0.25, -0.2) is 0 Å². The van der Waals surface area contributed by atoms with Crippen molar-refractivity contribution in [1.29, 1.82) is 0 Å². The van der Waals surface area contributed by atoms with E-state index >= 15 is 0 Å². The van der Waals surface area contributed by atoms with E-state index in [4.69, 9.17) is 4.74 Å². The fraction of sp³-hybridized carbons (Fsp3) is 0.280. The van der Waals surface area contributed by atoms with Crippen LogP contribution in [0.15, 0.2) is 60.7 Å². The topological polar surface area (TPSA) is 80.6 Å². The van der Waals surface area contributed by atoms with Gasteiger partial charge in [-0.3, -0.25) is 9.59 Å². The number of hydrogen-bond acceptors (Lipinski definition) is 4. The molecule has 0 radical (unpaired) electrons. The number of nitrogens with zero attached hydrogens (tertiary/aromatic N) is 1. The van der Waals surface area contributed by atoms with Crippen LogP contribution in [0.2, 0.25) is 0 Å². The fourth-order valence-electron chi connectivity index (χ4n) is 3.39. The Bertz CT molecular complexity index is 1050. The predicted molar refractivity (Wildman–Crippen MR) is 120 cm³/mol. The van der Waals surface area contributed by atoms with Crippen molar-refractivity contribution in [2.75, 3.05) is 13.2 Å². The molecule has 0 aliphatic heterocycles. The number of carbonyl (C=O) groups excluding carboxylic acids is 2. The first kappa shape index (κ1) is 22.3. The lowest BCUT2D eigenvalue weighted by molar-refractivity contribution is 0.0920. The number of amides is 1. The van der Waals surface area contributed by atoms with Crippen LogP contribution in [0.5, 0.6) is 5.75 Å². The quantitative estimate of drug-likeness (QED) is 0.519. The molecule has 0 bridgehead atoms. The number of ketones is 1. The zero-order chi connectivity index (χ0) is 22.4. The second-order valence-corrected chi connectivity index (χ2v) is 7.66. The van der Waals surface area contributed by atoms with Crippen molar-refractivity contribution in [3.05, 3.63) is 88.7 Å². The van der Waals surface area contributed by atoms with Crippen molar-refractivity contribution < 1.29 is 19.4 Å². The molecule has 3 rings (SSSR count). The van der Waals surface area contributed by atoms with Gasteiger partial charge in [0.25, 0.3) is 5.91 Å². The smallest absolute Gasteiger partial charge is 0.251 e. The van der Waals surface area contributed by atoms with Crippen LogP contribution in [0.1, 0.15) is 44.6 Å². The van der Waals surface area contributed by atoms with Gasteiger partial charge in [0, 0.05) is 35.6 Å². The van der Waals surface area contributed by atoms with E-state index in [1.165, 1.54) is 5.56 Å². The number of aliphatic hydroxyl groups is 1. The normalized spacial score (nSPS) is 11.7. The molecular formula is C25H28N2O4. The van der Waals surface area contributed by atoms with Crippen molar-refractivity contribution in [2.24, 2.45) is 0 Å². The third-order valence-corrected chi connectivity index (χ3v) is 5.08. The standard InChI is InChI=1S/C25H28N2O4/c1-17-12-23(19(3)27(17)15-20-8-5-4-6-9-20)24(29)16-31-22-11-7-10-21(13-22)25(30)26-14-18(2)28/h4-13,18,28H,14-16H2,1-3H3,(H,26,30). The summed E-state index contributed by atoms with van der Waals surface area (Å²) in [7, 11) is 0. The molecule has 162 valence electrons. The van der Waals surface area contributed by atoms with E-state index in [1.807, 2.05) is 38.1 Å². The number of ether oxygens (including phenoxy) is 1. The SMILES string of the molecule is Cc1cc(C(=O)COc2cccc(C(=O)NCC(C)O)c2)c(C)n1Cc1ccccc1. The molecule has 0 saturated heterocycles. The molecule has 1 atom stereocenters. The maximum absolute atomic E-state index is 12.8. The molecule has 0 saturated carbocycles. The Morgan fingerprint density at radius 1 is 1.06 bits per heavy atom. The van der Waals surface area contributed by atoms with E-state index in [0.29, 0.717) is 23.4 Å². The number of aryl methyl sites for hydroxylation is 1. The predicted octanol–water partition coefficient (Wildman–Crippen LogP) is 3.53. The molecule has 6 heteroatoms. The number of nitrogens with one attached hydrogen (secondary N) is 1. The largest absolute Gasteiger partial charge is 0.485 e. The van der Waals surface area contributed by atoms with Crippen molar-refractivity contribution in [2.45, 2.75) is 33.4 Å². The minimum atomic E-state index is -0.623. The molecule has 1 heterocycles. The summed E-state index contributed by atoms with van der Waals surface area (Å²) in [6, 6.07) is 18.7. The summed E-state index contributed by atoms with van der Waals surface area (Å²) in [6.07, 6.45) is -0.623. The van der Waals surface area contributed by atoms with E-state index in [9.17, 15) is 14.7 Å². The first-order valence-electron chi connectivity index (χ1n) is 10.3. The fourth-order valence-corrected chi connectivity index (χ4v) is 3.39. The highest BCUT2D eigenvalue weighted by Crippen LogP contribution is 2.19. The van der Waals surface area contributed by atoms with Crippen molar-refractivity contribution >= 4 is 11.7 Å². The van der Waals surface area contributed by atoms with E-state index < -0.39 is 6.10 Å². The van der Waals surface area contributed by atoms with Crippen LogP contribution >= 0.6 is 0 Å². The summed E-state index contributed by atoms with van der Waals surface area (Å²) in [5.74, 6) is 0.0228. The van der Waals surface area contributed by atoms with Crippen LogP contribution in [0.3, 0.4) is 0 Å². The third kappa shape index (κ3) is 5.83. The molecule has 0 spiro atoms. The summed E-state index contributed by atoms with van der Waals surface area (Å²) in [5, 5.41) is 11.9. The van der Waals surface area contributed by atoms with Gasteiger partial charge in [0.05, 0.1) is 6.10 Å². The van der Waals surface area contributed by atoms with Gasteiger partial charge in [0.15, 0.2) is 6.61 Å². The second-order valence-electron chi connectivity index (χ2n) is 7.66. The molecule has 0 fully saturated rings. The van der Waals surface area contributed by atoms with Crippen LogP contribution in [0.4, 0.5) is 0 Å². The average molecular weight is 421 g/mol. The summed E-state index contributed by atoms with van der Waals surface area (Å²) >= 11 is 0. The van der Waals surface area contributed by atoms with E-state index in [1.54, 1.807) is 31.2 Å². The van der Waals surface area contributed by atoms with E-state index in [2.05, 4.69) is 22.0 Å². The van der Waals surface area contributed by atoms with Crippen LogP contribution in [-0.2, 0) is 6.54 Å². The number of benzene rings is 2. The van der Waals surface area contributed by atoms with E-state index in [-0.39, 0.29) is 24.8 Å². The van der Waals surface area contributed by atoms with Gasteiger partial charge in [0.2, 0.25) is 5.78 Å². The van der Waals surface area contributed by atoms with Crippen molar-refractivity contribution in [3.63, 3.8) is 0 Å². The van der Waals surface area contributed by atoms with E-state index in [0.717, 1.165) is 11.4 Å². The molecule has 1 aromatic heterocycles. The van der Waals surface area contributed by atoms with Crippen LogP contribution in [0.25, 0.3) is 0 Å². The lowest BCUT2D eigenvalue weighted by Gasteiger charge is -2.11. The molecule has 31 heavy (non-hydrogen) atoms. The Balaban J connectivity index is 1.66. The Labute approximate surface area is 182 Å². The molecule has 2 N–H and O–H groups in total. The second kappa shape index (κ2) is 10.1. The maximum atomic E-state index is 12.8. The molecule has 6 nitrogen and oxygen atoms in total. The Hall–Kier alpha value is -3.38. The van der Waals surface area contributed by atoms with Gasteiger partial charge in [0.1, 0.15) is 5.75 Å². The Kier molecular flexibility index (Phi) is 7.26. The zero-order valence-corrected chi connectivity index (χ0v) is 18.1. The highest BCUT2D eigenvalue weighted by Gasteiger charge is 2.17. The van der Waals surface area contributed by atoms with Gasteiger partial charge in [-0.05, 0) is 50.6 Å². The lowest BCUT2D eigenvalue weighted by Crippen LogP contribution is -2.30. The highest BCUT2D eigenvalue weighted by molar-refractivity contribution is 5.98. The number of carbonyl (C=O) groups is 2. The summed E-state index contributed by atoms with van der Waals surface area (Å²) in [4.78, 5) is 25.0. The molecule has 1 amide bonds. The summed E-state index contributed by atoms with van der Waals surface area (Å²) in [6.45, 7) is 6.28. The first-order chi connectivity index (χ1) is 14.8. The molecule has 0 aliphatic carbocycles. The van der Waals surface area contributed by atoms with Gasteiger partial charge in [-0.1, -0.05) is 36.4 Å². The van der Waals surface area contributed by atoms with Crippen molar-refractivity contribution in [3.8, 4) is 5.75 Å². The van der Waals surface area contributed by atoms with Gasteiger partial charge < -0.3 is 19.7 Å². The summed E-state index contributed by atoms with van der Waals surface area (Å²) < 4.78 is 7.79. The number of aliphatic hydroxyl groups excluding tert-OH is 1. The number of hydrogen-bond donors (Lipinski definition) is 2. The van der Waals surface area contributed by atoms with Gasteiger partial charge >= 0.3 is 0 Å². The number of Topliss-reactive ketones (excluding diaryl/α,β-unsaturated/α-hetero) is 1. The third-order valence-electron chi connectivity index (χ3n) is 5.08. The monoisotopic (exact) mass is 420 g/mol. The maximum Gasteiger partial charge on any atom is 0.251 e.